The summed E-state index contributed by atoms with van der Waals surface area (Å²) in [6.45, 7) is 2.91. The van der Waals surface area contributed by atoms with E-state index in [-0.39, 0.29) is 6.42 Å². The van der Waals surface area contributed by atoms with Gasteiger partial charge in [0.25, 0.3) is 0 Å². The number of carboxylic acids is 1. The van der Waals surface area contributed by atoms with E-state index in [9.17, 15) is 4.79 Å². The lowest BCUT2D eigenvalue weighted by Crippen LogP contribution is -2.24. The van der Waals surface area contributed by atoms with Crippen LogP contribution in [0.5, 0.6) is 0 Å². The molecule has 4 heteroatoms. The molecule has 70 valence electrons. The fraction of sp³-hybridized carbons (Fsp3) is 0.750. The summed E-state index contributed by atoms with van der Waals surface area (Å²) in [5, 5.41) is 11.3. The van der Waals surface area contributed by atoms with Crippen LogP contribution in [0.4, 0.5) is 0 Å². The Kier molecular flexibility index (Phi) is 6.66. The van der Waals surface area contributed by atoms with Crippen molar-refractivity contribution in [2.45, 2.75) is 32.6 Å². The number of carbonyl (C=O) groups is 1. The normalized spacial score (nSPS) is 9.42. The van der Waals surface area contributed by atoms with Crippen LogP contribution in [-0.2, 0) is 4.79 Å². The smallest absolute Gasteiger partial charge is 0.310 e. The molecule has 2 N–H and O–H groups in total. The van der Waals surface area contributed by atoms with Gasteiger partial charge in [0.15, 0.2) is 0 Å². The number of nitrogens with one attached hydrogen (secondary N) is 1. The molecular formula is C8H15NO2S. The second-order valence-corrected chi connectivity index (χ2v) is 3.12. The molecule has 0 spiro atoms. The van der Waals surface area contributed by atoms with Gasteiger partial charge < -0.3 is 10.4 Å². The van der Waals surface area contributed by atoms with Crippen LogP contribution in [-0.4, -0.2) is 22.6 Å². The summed E-state index contributed by atoms with van der Waals surface area (Å²) in [7, 11) is 0. The van der Waals surface area contributed by atoms with E-state index in [0.29, 0.717) is 4.99 Å². The van der Waals surface area contributed by atoms with Crippen molar-refractivity contribution >= 4 is 23.2 Å². The molecule has 0 aromatic rings. The third kappa shape index (κ3) is 7.47. The predicted molar refractivity (Wildman–Crippen MR) is 52.4 cm³/mol. The van der Waals surface area contributed by atoms with E-state index in [4.69, 9.17) is 17.3 Å². The third-order valence-corrected chi connectivity index (χ3v) is 1.70. The number of aliphatic carboxylic acids is 1. The van der Waals surface area contributed by atoms with Gasteiger partial charge in [0.1, 0.15) is 0 Å². The van der Waals surface area contributed by atoms with Crippen molar-refractivity contribution in [2.75, 3.05) is 6.54 Å². The van der Waals surface area contributed by atoms with Gasteiger partial charge in [0.05, 0.1) is 11.4 Å². The SMILES string of the molecule is CCCCCNC(=S)CC(=O)O. The van der Waals surface area contributed by atoms with Crippen LogP contribution in [0.25, 0.3) is 0 Å². The van der Waals surface area contributed by atoms with Gasteiger partial charge in [-0.1, -0.05) is 32.0 Å². The standard InChI is InChI=1S/C8H15NO2S/c1-2-3-4-5-9-7(12)6-8(10)11/h2-6H2,1H3,(H,9,12)(H,10,11). The lowest BCUT2D eigenvalue weighted by Gasteiger charge is -2.04. The van der Waals surface area contributed by atoms with Crippen molar-refractivity contribution in [2.24, 2.45) is 0 Å². The first-order valence-corrected chi connectivity index (χ1v) is 4.56. The zero-order valence-electron chi connectivity index (χ0n) is 7.30. The molecule has 0 heterocycles. The number of carboxylic acid groups (broad SMARTS) is 1. The van der Waals surface area contributed by atoms with Gasteiger partial charge in [-0.3, -0.25) is 4.79 Å². The highest BCUT2D eigenvalue weighted by Crippen LogP contribution is 1.92. The molecule has 0 rings (SSSR count). The Morgan fingerprint density at radius 1 is 1.50 bits per heavy atom. The minimum absolute atomic E-state index is 0.0541. The molecule has 0 aromatic carbocycles. The summed E-state index contributed by atoms with van der Waals surface area (Å²) < 4.78 is 0. The Balaban J connectivity index is 3.26. The third-order valence-electron chi connectivity index (χ3n) is 1.41. The van der Waals surface area contributed by atoms with E-state index < -0.39 is 5.97 Å². The molecule has 3 nitrogen and oxygen atoms in total. The maximum atomic E-state index is 10.2. The van der Waals surface area contributed by atoms with Crippen LogP contribution in [0.15, 0.2) is 0 Å². The van der Waals surface area contributed by atoms with Crippen molar-refractivity contribution in [3.63, 3.8) is 0 Å². The van der Waals surface area contributed by atoms with Crippen LogP contribution in [0.3, 0.4) is 0 Å². The van der Waals surface area contributed by atoms with Gasteiger partial charge in [-0.15, -0.1) is 0 Å². The largest absolute Gasteiger partial charge is 0.481 e. The Bertz CT molecular complexity index is 159. The van der Waals surface area contributed by atoms with E-state index in [2.05, 4.69) is 12.2 Å². The highest BCUT2D eigenvalue weighted by Gasteiger charge is 2.01. The van der Waals surface area contributed by atoms with Gasteiger partial charge in [0, 0.05) is 6.54 Å². The van der Waals surface area contributed by atoms with Crippen LogP contribution in [0.2, 0.25) is 0 Å². The maximum Gasteiger partial charge on any atom is 0.310 e. The molecule has 0 bridgehead atoms. The van der Waals surface area contributed by atoms with Gasteiger partial charge >= 0.3 is 5.97 Å². The summed E-state index contributed by atoms with van der Waals surface area (Å²) in [4.78, 5) is 10.6. The molecule has 0 saturated carbocycles. The van der Waals surface area contributed by atoms with Crippen molar-refractivity contribution < 1.29 is 9.90 Å². The van der Waals surface area contributed by atoms with Crippen LogP contribution in [0.1, 0.15) is 32.6 Å². The maximum absolute atomic E-state index is 10.2. The zero-order chi connectivity index (χ0) is 9.40. The average molecular weight is 189 g/mol. The molecule has 0 fully saturated rings. The van der Waals surface area contributed by atoms with Crippen molar-refractivity contribution in [1.82, 2.24) is 5.32 Å². The average Bonchev–Trinajstić information content (AvgIpc) is 1.97. The summed E-state index contributed by atoms with van der Waals surface area (Å²) in [6.07, 6.45) is 3.31. The van der Waals surface area contributed by atoms with Gasteiger partial charge in [0.2, 0.25) is 0 Å². The van der Waals surface area contributed by atoms with Crippen molar-refractivity contribution in [3.8, 4) is 0 Å². The fourth-order valence-electron chi connectivity index (χ4n) is 0.803. The number of unbranched alkanes of at least 4 members (excludes halogenated alkanes) is 2. The fourth-order valence-corrected chi connectivity index (χ4v) is 1.03. The summed E-state index contributed by atoms with van der Waals surface area (Å²) in [6, 6.07) is 0. The Morgan fingerprint density at radius 3 is 2.67 bits per heavy atom. The Labute approximate surface area is 78.2 Å². The monoisotopic (exact) mass is 189 g/mol. The highest BCUT2D eigenvalue weighted by molar-refractivity contribution is 7.80. The summed E-state index contributed by atoms with van der Waals surface area (Å²) >= 11 is 4.79. The summed E-state index contributed by atoms with van der Waals surface area (Å²) in [5.41, 5.74) is 0. The number of hydrogen-bond acceptors (Lipinski definition) is 2. The predicted octanol–water partition coefficient (Wildman–Crippen LogP) is 1.57. The van der Waals surface area contributed by atoms with E-state index in [1.807, 2.05) is 0 Å². The van der Waals surface area contributed by atoms with Crippen LogP contribution in [0, 0.1) is 0 Å². The first-order valence-electron chi connectivity index (χ1n) is 4.15. The number of rotatable bonds is 6. The zero-order valence-corrected chi connectivity index (χ0v) is 8.12. The van der Waals surface area contributed by atoms with E-state index in [1.54, 1.807) is 0 Å². The molecule has 12 heavy (non-hydrogen) atoms. The Morgan fingerprint density at radius 2 is 2.17 bits per heavy atom. The molecule has 0 aromatic heterocycles. The van der Waals surface area contributed by atoms with E-state index >= 15 is 0 Å². The second-order valence-electron chi connectivity index (χ2n) is 2.63. The van der Waals surface area contributed by atoms with Crippen LogP contribution >= 0.6 is 12.2 Å². The number of hydrogen-bond donors (Lipinski definition) is 2. The van der Waals surface area contributed by atoms with Gasteiger partial charge in [-0.25, -0.2) is 0 Å². The molecule has 0 saturated heterocycles. The topological polar surface area (TPSA) is 49.3 Å². The van der Waals surface area contributed by atoms with Crippen LogP contribution < -0.4 is 5.32 Å². The van der Waals surface area contributed by atoms with Gasteiger partial charge in [-0.2, -0.15) is 0 Å². The van der Waals surface area contributed by atoms with E-state index in [1.165, 1.54) is 0 Å². The molecule has 0 amide bonds. The molecular weight excluding hydrogens is 174 g/mol. The highest BCUT2D eigenvalue weighted by atomic mass is 32.1. The second kappa shape index (κ2) is 7.03. The molecule has 0 aliphatic carbocycles. The summed E-state index contributed by atoms with van der Waals surface area (Å²) in [5.74, 6) is -0.872. The first kappa shape index (κ1) is 11.4. The minimum Gasteiger partial charge on any atom is -0.481 e. The Hall–Kier alpha value is -0.640. The lowest BCUT2D eigenvalue weighted by atomic mass is 10.2. The van der Waals surface area contributed by atoms with Crippen molar-refractivity contribution in [1.29, 1.82) is 0 Å². The molecule has 0 aliphatic rings. The molecule has 0 radical (unpaired) electrons. The molecule has 0 aliphatic heterocycles. The van der Waals surface area contributed by atoms with Gasteiger partial charge in [-0.05, 0) is 6.42 Å². The quantitative estimate of drug-likeness (QED) is 0.492. The lowest BCUT2D eigenvalue weighted by molar-refractivity contribution is -0.135. The molecule has 0 unspecified atom stereocenters. The molecule has 0 atom stereocenters. The first-order chi connectivity index (χ1) is 5.66. The van der Waals surface area contributed by atoms with Crippen molar-refractivity contribution in [3.05, 3.63) is 0 Å². The number of thiocarbonyl (C=S) groups is 1. The minimum atomic E-state index is -0.872. The van der Waals surface area contributed by atoms with E-state index in [0.717, 1.165) is 25.8 Å².